The van der Waals surface area contributed by atoms with Crippen molar-refractivity contribution in [1.29, 1.82) is 0 Å². The van der Waals surface area contributed by atoms with Crippen molar-refractivity contribution in [3.8, 4) is 0 Å². The van der Waals surface area contributed by atoms with Gasteiger partial charge in [0.05, 0.1) is 25.0 Å². The summed E-state index contributed by atoms with van der Waals surface area (Å²) >= 11 is 0. The van der Waals surface area contributed by atoms with Crippen LogP contribution in [0.5, 0.6) is 0 Å². The van der Waals surface area contributed by atoms with Crippen LogP contribution in [-0.4, -0.2) is 25.2 Å². The maximum absolute atomic E-state index is 12.9. The first-order valence-corrected chi connectivity index (χ1v) is 19.1. The monoisotopic (exact) mass is 605 g/mol. The maximum Gasteiger partial charge on any atom is 0.310 e. The number of hydrogen-bond acceptors (Lipinski definition) is 4. The van der Waals surface area contributed by atoms with E-state index in [1.54, 1.807) is 0 Å². The third kappa shape index (κ3) is 22.8. The van der Waals surface area contributed by atoms with Crippen molar-refractivity contribution in [1.82, 2.24) is 0 Å². The summed E-state index contributed by atoms with van der Waals surface area (Å²) in [6, 6.07) is 0. The van der Waals surface area contributed by atoms with E-state index in [0.29, 0.717) is 26.1 Å². The molecule has 0 heterocycles. The van der Waals surface area contributed by atoms with Gasteiger partial charge in [-0.05, 0) is 32.6 Å². The Hall–Kier alpha value is -1.32. The number of rotatable bonds is 30. The predicted molar refractivity (Wildman–Crippen MR) is 183 cm³/mol. The molecule has 4 heteroatoms. The van der Waals surface area contributed by atoms with E-state index in [-0.39, 0.29) is 11.9 Å². The fourth-order valence-corrected chi connectivity index (χ4v) is 6.37. The number of hydrogen-bond donors (Lipinski definition) is 0. The summed E-state index contributed by atoms with van der Waals surface area (Å²) in [7, 11) is 0. The Kier molecular flexibility index (Phi) is 27.1. The van der Waals surface area contributed by atoms with Gasteiger partial charge in [-0.25, -0.2) is 0 Å². The average molecular weight is 605 g/mol. The van der Waals surface area contributed by atoms with Gasteiger partial charge in [0.15, 0.2) is 0 Å². The first kappa shape index (κ1) is 39.7. The SMILES string of the molecule is CCCCCCCCCCCCCCCOC(=O)C1CC=C(C)CC1C(=O)OCCCCCCCCCCCCCCC. The van der Waals surface area contributed by atoms with Crippen LogP contribution in [0, 0.1) is 11.8 Å². The second-order valence-electron chi connectivity index (χ2n) is 13.5. The van der Waals surface area contributed by atoms with Crippen LogP contribution < -0.4 is 0 Å². The summed E-state index contributed by atoms with van der Waals surface area (Å²) in [6.07, 6.45) is 37.1. The minimum absolute atomic E-state index is 0.214. The normalized spacial score (nSPS) is 16.7. The van der Waals surface area contributed by atoms with Gasteiger partial charge in [-0.15, -0.1) is 0 Å². The van der Waals surface area contributed by atoms with Crippen molar-refractivity contribution >= 4 is 11.9 Å². The molecule has 0 bridgehead atoms. The second kappa shape index (κ2) is 29.4. The zero-order valence-corrected chi connectivity index (χ0v) is 29.1. The van der Waals surface area contributed by atoms with Crippen molar-refractivity contribution in [3.05, 3.63) is 11.6 Å². The van der Waals surface area contributed by atoms with Crippen LogP contribution in [0.4, 0.5) is 0 Å². The summed E-state index contributed by atoms with van der Waals surface area (Å²) < 4.78 is 11.3. The van der Waals surface area contributed by atoms with Crippen molar-refractivity contribution < 1.29 is 19.1 Å². The van der Waals surface area contributed by atoms with Gasteiger partial charge in [0.2, 0.25) is 0 Å². The van der Waals surface area contributed by atoms with Gasteiger partial charge in [0, 0.05) is 0 Å². The molecule has 0 aromatic rings. The molecule has 1 aliphatic rings. The van der Waals surface area contributed by atoms with E-state index in [1.165, 1.54) is 147 Å². The summed E-state index contributed by atoms with van der Waals surface area (Å²) in [5.74, 6) is -1.23. The molecule has 0 aliphatic heterocycles. The van der Waals surface area contributed by atoms with Crippen LogP contribution in [0.3, 0.4) is 0 Å². The van der Waals surface area contributed by atoms with Crippen LogP contribution in [0.2, 0.25) is 0 Å². The smallest absolute Gasteiger partial charge is 0.310 e. The quantitative estimate of drug-likeness (QED) is 0.0465. The summed E-state index contributed by atoms with van der Waals surface area (Å²) in [4.78, 5) is 25.8. The maximum atomic E-state index is 12.9. The van der Waals surface area contributed by atoms with E-state index in [9.17, 15) is 9.59 Å². The third-order valence-corrected chi connectivity index (χ3v) is 9.34. The minimum atomic E-state index is -0.398. The van der Waals surface area contributed by atoms with Crippen molar-refractivity contribution in [3.63, 3.8) is 0 Å². The first-order valence-electron chi connectivity index (χ1n) is 19.1. The fraction of sp³-hybridized carbons (Fsp3) is 0.897. The molecule has 0 saturated carbocycles. The highest BCUT2D eigenvalue weighted by molar-refractivity contribution is 5.83. The van der Waals surface area contributed by atoms with Crippen molar-refractivity contribution in [2.75, 3.05) is 13.2 Å². The summed E-state index contributed by atoms with van der Waals surface area (Å²) in [6.45, 7) is 7.53. The second-order valence-corrected chi connectivity index (χ2v) is 13.5. The molecule has 1 aliphatic carbocycles. The Labute approximate surface area is 267 Å². The molecule has 0 aromatic heterocycles. The number of esters is 2. The van der Waals surface area contributed by atoms with Gasteiger partial charge < -0.3 is 9.47 Å². The predicted octanol–water partition coefficient (Wildman–Crippen LogP) is 12.2. The molecule has 0 spiro atoms. The van der Waals surface area contributed by atoms with Gasteiger partial charge >= 0.3 is 11.9 Å². The number of unbranched alkanes of at least 4 members (excludes halogenated alkanes) is 24. The Morgan fingerprint density at radius 2 is 0.814 bits per heavy atom. The lowest BCUT2D eigenvalue weighted by Crippen LogP contribution is -2.34. The Bertz CT molecular complexity index is 685. The number of carbonyl (C=O) groups is 2. The van der Waals surface area contributed by atoms with Crippen LogP contribution in [0.15, 0.2) is 11.6 Å². The zero-order valence-electron chi connectivity index (χ0n) is 29.1. The van der Waals surface area contributed by atoms with Gasteiger partial charge in [-0.3, -0.25) is 9.59 Å². The molecule has 0 aromatic carbocycles. The molecule has 2 atom stereocenters. The highest BCUT2D eigenvalue weighted by atomic mass is 16.5. The van der Waals surface area contributed by atoms with E-state index in [0.717, 1.165) is 25.7 Å². The molecule has 252 valence electrons. The molecular weight excluding hydrogens is 532 g/mol. The molecule has 1 rings (SSSR count). The molecule has 4 nitrogen and oxygen atoms in total. The first-order chi connectivity index (χ1) is 21.1. The summed E-state index contributed by atoms with van der Waals surface area (Å²) in [5, 5.41) is 0. The number of carbonyl (C=O) groups excluding carboxylic acids is 2. The standard InChI is InChI=1S/C39H72O4/c1-4-6-8-10-12-14-16-18-20-22-24-26-28-32-42-38(40)36-31-30-35(3)34-37(36)39(41)43-33-29-27-25-23-21-19-17-15-13-11-9-7-5-2/h30,36-37H,4-29,31-34H2,1-3H3. The average Bonchev–Trinajstić information content (AvgIpc) is 3.01. The highest BCUT2D eigenvalue weighted by Gasteiger charge is 2.37. The van der Waals surface area contributed by atoms with E-state index in [1.807, 2.05) is 6.92 Å². The van der Waals surface area contributed by atoms with Crippen LogP contribution in [0.1, 0.15) is 201 Å². The Morgan fingerprint density at radius 3 is 1.16 bits per heavy atom. The number of ether oxygens (including phenoxy) is 2. The zero-order chi connectivity index (χ0) is 31.2. The Balaban J connectivity index is 2.07. The van der Waals surface area contributed by atoms with Gasteiger partial charge in [0.25, 0.3) is 0 Å². The lowest BCUT2D eigenvalue weighted by molar-refractivity contribution is -0.161. The van der Waals surface area contributed by atoms with Crippen LogP contribution in [0.25, 0.3) is 0 Å². The van der Waals surface area contributed by atoms with E-state index >= 15 is 0 Å². The molecular formula is C39H72O4. The molecule has 0 amide bonds. The highest BCUT2D eigenvalue weighted by Crippen LogP contribution is 2.32. The van der Waals surface area contributed by atoms with E-state index in [4.69, 9.17) is 9.47 Å². The molecule has 2 unspecified atom stereocenters. The van der Waals surface area contributed by atoms with Gasteiger partial charge in [0.1, 0.15) is 0 Å². The third-order valence-electron chi connectivity index (χ3n) is 9.34. The molecule has 0 saturated heterocycles. The lowest BCUT2D eigenvalue weighted by Gasteiger charge is -2.27. The van der Waals surface area contributed by atoms with E-state index < -0.39 is 11.8 Å². The number of allylic oxidation sites excluding steroid dienone is 2. The van der Waals surface area contributed by atoms with Gasteiger partial charge in [-0.1, -0.05) is 180 Å². The van der Waals surface area contributed by atoms with Gasteiger partial charge in [-0.2, -0.15) is 0 Å². The van der Waals surface area contributed by atoms with Crippen molar-refractivity contribution in [2.45, 2.75) is 201 Å². The molecule has 0 fully saturated rings. The minimum Gasteiger partial charge on any atom is -0.465 e. The fourth-order valence-electron chi connectivity index (χ4n) is 6.37. The lowest BCUT2D eigenvalue weighted by atomic mass is 9.80. The largest absolute Gasteiger partial charge is 0.465 e. The van der Waals surface area contributed by atoms with E-state index in [2.05, 4.69) is 19.9 Å². The van der Waals surface area contributed by atoms with Crippen molar-refractivity contribution in [2.24, 2.45) is 11.8 Å². The molecule has 0 radical (unpaired) electrons. The van der Waals surface area contributed by atoms with Crippen LogP contribution in [-0.2, 0) is 19.1 Å². The molecule has 43 heavy (non-hydrogen) atoms. The molecule has 0 N–H and O–H groups in total. The Morgan fingerprint density at radius 1 is 0.512 bits per heavy atom. The topological polar surface area (TPSA) is 52.6 Å². The van der Waals surface area contributed by atoms with Crippen LogP contribution >= 0.6 is 0 Å². The summed E-state index contributed by atoms with van der Waals surface area (Å²) in [5.41, 5.74) is 1.17.